The van der Waals surface area contributed by atoms with Crippen LogP contribution in [0.1, 0.15) is 57.7 Å². The number of likely N-dealkylation sites (tertiary alicyclic amines) is 1. The van der Waals surface area contributed by atoms with Gasteiger partial charge in [-0.2, -0.15) is 0 Å². The summed E-state index contributed by atoms with van der Waals surface area (Å²) in [7, 11) is 0. The summed E-state index contributed by atoms with van der Waals surface area (Å²) in [6.07, 6.45) is 2.11. The lowest BCUT2D eigenvalue weighted by Gasteiger charge is -2.33. The Morgan fingerprint density at radius 1 is 1.12 bits per heavy atom. The first-order valence-corrected chi connectivity index (χ1v) is 9.65. The summed E-state index contributed by atoms with van der Waals surface area (Å²) in [6.45, 7) is 9.62. The number of aliphatic carboxylic acids is 1. The van der Waals surface area contributed by atoms with Crippen LogP contribution in [-0.4, -0.2) is 35.1 Å². The number of benzene rings is 1. The third-order valence-electron chi connectivity index (χ3n) is 5.06. The van der Waals surface area contributed by atoms with Crippen molar-refractivity contribution in [1.82, 2.24) is 10.2 Å². The third kappa shape index (κ3) is 5.48. The van der Waals surface area contributed by atoms with Crippen LogP contribution in [0.2, 0.25) is 0 Å². The first-order chi connectivity index (χ1) is 12.3. The van der Waals surface area contributed by atoms with Crippen molar-refractivity contribution in [2.75, 3.05) is 13.1 Å². The van der Waals surface area contributed by atoms with Gasteiger partial charge in [-0.05, 0) is 42.2 Å². The Bertz CT molecular complexity index is 602. The zero-order chi connectivity index (χ0) is 19.3. The number of carbonyl (C=O) groups is 2. The van der Waals surface area contributed by atoms with Crippen molar-refractivity contribution in [2.24, 2.45) is 17.8 Å². The van der Waals surface area contributed by atoms with E-state index in [0.717, 1.165) is 12.0 Å². The van der Waals surface area contributed by atoms with Crippen molar-refractivity contribution in [3.05, 3.63) is 35.4 Å². The Hall–Kier alpha value is -2.04. The van der Waals surface area contributed by atoms with Gasteiger partial charge < -0.3 is 15.3 Å². The van der Waals surface area contributed by atoms with E-state index in [0.29, 0.717) is 31.8 Å². The van der Waals surface area contributed by atoms with Crippen LogP contribution in [0.3, 0.4) is 0 Å². The van der Waals surface area contributed by atoms with E-state index in [9.17, 15) is 9.59 Å². The molecule has 0 aliphatic carbocycles. The average molecular weight is 360 g/mol. The maximum absolute atomic E-state index is 12.6. The van der Waals surface area contributed by atoms with Crippen LogP contribution in [0.5, 0.6) is 0 Å². The molecule has 2 amide bonds. The van der Waals surface area contributed by atoms with Crippen molar-refractivity contribution in [3.8, 4) is 0 Å². The smallest absolute Gasteiger partial charge is 0.317 e. The van der Waals surface area contributed by atoms with Gasteiger partial charge in [-0.3, -0.25) is 4.79 Å². The fourth-order valence-corrected chi connectivity index (χ4v) is 3.52. The first-order valence-electron chi connectivity index (χ1n) is 9.65. The molecule has 5 heteroatoms. The molecule has 0 saturated carbocycles. The van der Waals surface area contributed by atoms with Gasteiger partial charge in [0.2, 0.25) is 0 Å². The molecule has 1 unspecified atom stereocenters. The van der Waals surface area contributed by atoms with E-state index in [1.807, 2.05) is 0 Å². The highest BCUT2D eigenvalue weighted by molar-refractivity contribution is 5.76. The number of nitrogens with zero attached hydrogens (tertiary/aromatic N) is 1. The molecule has 0 radical (unpaired) electrons. The second kappa shape index (κ2) is 9.06. The summed E-state index contributed by atoms with van der Waals surface area (Å²) in [5.41, 5.74) is 2.43. The molecule has 144 valence electrons. The minimum Gasteiger partial charge on any atom is -0.481 e. The standard InChI is InChI=1S/C21H32N2O3/c1-14(2)13-16-5-7-17(8-6-16)19(15(3)4)22-21(26)23-11-9-18(10-12-23)20(24)25/h5-8,14-15,18-19H,9-13H2,1-4H3,(H,22,26)(H,24,25). The Morgan fingerprint density at radius 2 is 1.69 bits per heavy atom. The molecule has 2 N–H and O–H groups in total. The number of hydrogen-bond donors (Lipinski definition) is 2. The summed E-state index contributed by atoms with van der Waals surface area (Å²) in [5.74, 6) is -0.193. The van der Waals surface area contributed by atoms with Gasteiger partial charge >= 0.3 is 12.0 Å². The van der Waals surface area contributed by atoms with Gasteiger partial charge in [-0.25, -0.2) is 4.79 Å². The van der Waals surface area contributed by atoms with E-state index < -0.39 is 5.97 Å². The van der Waals surface area contributed by atoms with E-state index in [2.05, 4.69) is 57.3 Å². The van der Waals surface area contributed by atoms with Gasteiger partial charge in [0.25, 0.3) is 0 Å². The van der Waals surface area contributed by atoms with Gasteiger partial charge in [0, 0.05) is 13.1 Å². The van der Waals surface area contributed by atoms with Crippen LogP contribution in [0.25, 0.3) is 0 Å². The zero-order valence-electron chi connectivity index (χ0n) is 16.4. The summed E-state index contributed by atoms with van der Waals surface area (Å²) in [5, 5.41) is 12.2. The molecule has 1 saturated heterocycles. The molecule has 1 aromatic carbocycles. The normalized spacial score (nSPS) is 16.8. The number of carbonyl (C=O) groups excluding carboxylic acids is 1. The lowest BCUT2D eigenvalue weighted by Crippen LogP contribution is -2.47. The Morgan fingerprint density at radius 3 is 2.15 bits per heavy atom. The van der Waals surface area contributed by atoms with E-state index in [4.69, 9.17) is 5.11 Å². The maximum Gasteiger partial charge on any atom is 0.317 e. The number of carboxylic acids is 1. The molecule has 5 nitrogen and oxygen atoms in total. The molecule has 1 heterocycles. The van der Waals surface area contributed by atoms with Crippen LogP contribution in [0, 0.1) is 17.8 Å². The van der Waals surface area contributed by atoms with E-state index in [1.54, 1.807) is 4.90 Å². The van der Waals surface area contributed by atoms with E-state index in [-0.39, 0.29) is 23.9 Å². The second-order valence-electron chi connectivity index (χ2n) is 8.11. The van der Waals surface area contributed by atoms with Gasteiger partial charge in [-0.15, -0.1) is 0 Å². The molecular weight excluding hydrogens is 328 g/mol. The molecule has 0 aromatic heterocycles. The Labute approximate surface area is 156 Å². The van der Waals surface area contributed by atoms with Crippen LogP contribution in [0.4, 0.5) is 4.79 Å². The van der Waals surface area contributed by atoms with Gasteiger partial charge in [0.15, 0.2) is 0 Å². The predicted octanol–water partition coefficient (Wildman–Crippen LogP) is 4.09. The number of hydrogen-bond acceptors (Lipinski definition) is 2. The quantitative estimate of drug-likeness (QED) is 0.803. The molecule has 1 fully saturated rings. The maximum atomic E-state index is 12.6. The fraction of sp³-hybridized carbons (Fsp3) is 0.619. The summed E-state index contributed by atoms with van der Waals surface area (Å²) < 4.78 is 0. The van der Waals surface area contributed by atoms with Crippen LogP contribution >= 0.6 is 0 Å². The fourth-order valence-electron chi connectivity index (χ4n) is 3.52. The van der Waals surface area contributed by atoms with Crippen LogP contribution < -0.4 is 5.32 Å². The van der Waals surface area contributed by atoms with Crippen molar-refractivity contribution in [3.63, 3.8) is 0 Å². The number of piperidine rings is 1. The molecule has 1 aromatic rings. The summed E-state index contributed by atoms with van der Waals surface area (Å²) in [4.78, 5) is 25.4. The first kappa shape index (κ1) is 20.3. The third-order valence-corrected chi connectivity index (χ3v) is 5.06. The molecule has 0 spiro atoms. The summed E-state index contributed by atoms with van der Waals surface area (Å²) >= 11 is 0. The lowest BCUT2D eigenvalue weighted by atomic mass is 9.93. The number of amides is 2. The highest BCUT2D eigenvalue weighted by Gasteiger charge is 2.28. The van der Waals surface area contributed by atoms with Crippen molar-refractivity contribution < 1.29 is 14.7 Å². The molecular formula is C21H32N2O3. The van der Waals surface area contributed by atoms with E-state index in [1.165, 1.54) is 5.56 Å². The minimum atomic E-state index is -0.758. The monoisotopic (exact) mass is 360 g/mol. The van der Waals surface area contributed by atoms with E-state index >= 15 is 0 Å². The number of carboxylic acid groups (broad SMARTS) is 1. The summed E-state index contributed by atoms with van der Waals surface area (Å²) in [6, 6.07) is 8.37. The number of urea groups is 1. The molecule has 2 rings (SSSR count). The van der Waals surface area contributed by atoms with Crippen LogP contribution in [-0.2, 0) is 11.2 Å². The average Bonchev–Trinajstić information content (AvgIpc) is 2.59. The Kier molecular flexibility index (Phi) is 7.06. The topological polar surface area (TPSA) is 69.6 Å². The zero-order valence-corrected chi connectivity index (χ0v) is 16.4. The van der Waals surface area contributed by atoms with Crippen molar-refractivity contribution in [1.29, 1.82) is 0 Å². The SMILES string of the molecule is CC(C)Cc1ccc(C(NC(=O)N2CCC(C(=O)O)CC2)C(C)C)cc1. The highest BCUT2D eigenvalue weighted by atomic mass is 16.4. The number of rotatable bonds is 6. The Balaban J connectivity index is 1.99. The van der Waals surface area contributed by atoms with Gasteiger partial charge in [-0.1, -0.05) is 52.0 Å². The molecule has 1 aliphatic heterocycles. The molecule has 1 atom stereocenters. The molecule has 0 bridgehead atoms. The predicted molar refractivity (Wildman–Crippen MR) is 103 cm³/mol. The minimum absolute atomic E-state index is 0.0483. The molecule has 1 aliphatic rings. The van der Waals surface area contributed by atoms with Crippen LogP contribution in [0.15, 0.2) is 24.3 Å². The van der Waals surface area contributed by atoms with Crippen molar-refractivity contribution in [2.45, 2.75) is 53.0 Å². The van der Waals surface area contributed by atoms with Crippen molar-refractivity contribution >= 4 is 12.0 Å². The second-order valence-corrected chi connectivity index (χ2v) is 8.11. The number of nitrogens with one attached hydrogen (secondary N) is 1. The lowest BCUT2D eigenvalue weighted by molar-refractivity contribution is -0.143. The van der Waals surface area contributed by atoms with Gasteiger partial charge in [0.05, 0.1) is 12.0 Å². The highest BCUT2D eigenvalue weighted by Crippen LogP contribution is 2.24. The molecule has 26 heavy (non-hydrogen) atoms. The van der Waals surface area contributed by atoms with Gasteiger partial charge in [0.1, 0.15) is 0 Å². The largest absolute Gasteiger partial charge is 0.481 e.